The van der Waals surface area contributed by atoms with Gasteiger partial charge in [-0.2, -0.15) is 0 Å². The van der Waals surface area contributed by atoms with E-state index in [1.165, 1.54) is 25.9 Å². The lowest BCUT2D eigenvalue weighted by molar-refractivity contribution is -0.141. The van der Waals surface area contributed by atoms with Gasteiger partial charge in [-0.25, -0.2) is 13.6 Å². The fraction of sp³-hybridized carbons (Fsp3) is 0.556. The Hall–Kier alpha value is -1.46. The molecule has 0 spiro atoms. The first-order chi connectivity index (χ1) is 6.90. The average Bonchev–Trinajstić information content (AvgIpc) is 2.13. The average molecular weight is 221 g/mol. The maximum Gasteiger partial charge on any atom is 0.343 e. The molecule has 0 amide bonds. The number of alkyl halides is 2. The molecule has 0 atom stereocenters. The molecule has 0 aromatic rings. The molecule has 0 unspecified atom stereocenters. The smallest absolute Gasteiger partial charge is 0.343 e. The highest BCUT2D eigenvalue weighted by Gasteiger charge is 2.27. The molecule has 0 heterocycles. The molecule has 0 aliphatic rings. The Balaban J connectivity index is 4.90. The SMILES string of the molecule is CCOC(=O)C(=CN(C)C)C(=O)C(F)F. The zero-order chi connectivity index (χ0) is 12.0. The molecule has 0 saturated carbocycles. The first-order valence-electron chi connectivity index (χ1n) is 4.27. The van der Waals surface area contributed by atoms with Crippen LogP contribution >= 0.6 is 0 Å². The third-order valence-corrected chi connectivity index (χ3v) is 1.35. The number of halogens is 2. The molecule has 0 bridgehead atoms. The Labute approximate surface area is 86.5 Å². The van der Waals surface area contributed by atoms with Crippen LogP contribution in [0.15, 0.2) is 11.8 Å². The zero-order valence-corrected chi connectivity index (χ0v) is 8.79. The van der Waals surface area contributed by atoms with Crippen molar-refractivity contribution in [1.29, 1.82) is 0 Å². The van der Waals surface area contributed by atoms with E-state index in [9.17, 15) is 18.4 Å². The summed E-state index contributed by atoms with van der Waals surface area (Å²) >= 11 is 0. The monoisotopic (exact) mass is 221 g/mol. The second kappa shape index (κ2) is 6.10. The van der Waals surface area contributed by atoms with Crippen molar-refractivity contribution in [2.24, 2.45) is 0 Å². The van der Waals surface area contributed by atoms with E-state index in [1.807, 2.05) is 0 Å². The van der Waals surface area contributed by atoms with Gasteiger partial charge in [0.05, 0.1) is 6.61 Å². The highest BCUT2D eigenvalue weighted by Crippen LogP contribution is 2.08. The molecule has 15 heavy (non-hydrogen) atoms. The number of Topliss-reactive ketones (excluding diaryl/α,β-unsaturated/α-hetero) is 1. The lowest BCUT2D eigenvalue weighted by Crippen LogP contribution is -2.23. The number of carbonyl (C=O) groups is 2. The van der Waals surface area contributed by atoms with Gasteiger partial charge in [0.1, 0.15) is 5.57 Å². The van der Waals surface area contributed by atoms with Gasteiger partial charge in [-0.05, 0) is 6.92 Å². The van der Waals surface area contributed by atoms with E-state index in [0.29, 0.717) is 0 Å². The number of carbonyl (C=O) groups excluding carboxylic acids is 2. The predicted octanol–water partition coefficient (Wildman–Crippen LogP) is 0.829. The Bertz CT molecular complexity index is 275. The highest BCUT2D eigenvalue weighted by atomic mass is 19.3. The van der Waals surface area contributed by atoms with Crippen molar-refractivity contribution in [2.75, 3.05) is 20.7 Å². The van der Waals surface area contributed by atoms with Crippen LogP contribution in [0.2, 0.25) is 0 Å². The summed E-state index contributed by atoms with van der Waals surface area (Å²) in [5.41, 5.74) is -0.642. The van der Waals surface area contributed by atoms with Crippen LogP contribution in [0.4, 0.5) is 8.78 Å². The number of ketones is 1. The standard InChI is InChI=1S/C9H13F2NO3/c1-4-15-9(14)6(5-12(2)3)7(13)8(10)11/h5,8H,4H2,1-3H3. The molecule has 0 rings (SSSR count). The fourth-order valence-electron chi connectivity index (χ4n) is 0.802. The van der Waals surface area contributed by atoms with Crippen LogP contribution in [0.3, 0.4) is 0 Å². The summed E-state index contributed by atoms with van der Waals surface area (Å²) < 4.78 is 28.7. The van der Waals surface area contributed by atoms with Crippen molar-refractivity contribution in [1.82, 2.24) is 4.90 Å². The number of hydrogen-bond acceptors (Lipinski definition) is 4. The van der Waals surface area contributed by atoms with Gasteiger partial charge in [0, 0.05) is 20.3 Å². The quantitative estimate of drug-likeness (QED) is 0.298. The molecule has 86 valence electrons. The van der Waals surface area contributed by atoms with Crippen LogP contribution in [-0.4, -0.2) is 43.8 Å². The van der Waals surface area contributed by atoms with Crippen molar-refractivity contribution < 1.29 is 23.1 Å². The third kappa shape index (κ3) is 4.53. The van der Waals surface area contributed by atoms with Gasteiger partial charge in [-0.1, -0.05) is 0 Å². The van der Waals surface area contributed by atoms with Crippen molar-refractivity contribution in [3.8, 4) is 0 Å². The van der Waals surface area contributed by atoms with Crippen LogP contribution in [0.25, 0.3) is 0 Å². The van der Waals surface area contributed by atoms with Crippen molar-refractivity contribution in [3.05, 3.63) is 11.8 Å². The first-order valence-corrected chi connectivity index (χ1v) is 4.27. The largest absolute Gasteiger partial charge is 0.462 e. The second-order valence-corrected chi connectivity index (χ2v) is 2.89. The van der Waals surface area contributed by atoms with E-state index >= 15 is 0 Å². The van der Waals surface area contributed by atoms with E-state index in [0.717, 1.165) is 6.20 Å². The Morgan fingerprint density at radius 1 is 1.40 bits per heavy atom. The molecular weight excluding hydrogens is 208 g/mol. The Morgan fingerprint density at radius 3 is 2.27 bits per heavy atom. The number of rotatable bonds is 5. The molecular formula is C9H13F2NO3. The molecule has 0 N–H and O–H groups in total. The maximum atomic E-state index is 12.1. The molecule has 0 aliphatic carbocycles. The van der Waals surface area contributed by atoms with Crippen LogP contribution in [0.5, 0.6) is 0 Å². The molecule has 0 fully saturated rings. The van der Waals surface area contributed by atoms with Gasteiger partial charge in [-0.3, -0.25) is 4.79 Å². The summed E-state index contributed by atoms with van der Waals surface area (Å²) in [5, 5.41) is 0. The number of esters is 1. The van der Waals surface area contributed by atoms with E-state index < -0.39 is 23.8 Å². The lowest BCUT2D eigenvalue weighted by Gasteiger charge is -2.09. The minimum absolute atomic E-state index is 0.0279. The summed E-state index contributed by atoms with van der Waals surface area (Å²) in [6.07, 6.45) is -2.19. The molecule has 4 nitrogen and oxygen atoms in total. The summed E-state index contributed by atoms with van der Waals surface area (Å²) in [6.45, 7) is 1.55. The minimum atomic E-state index is -3.21. The van der Waals surface area contributed by atoms with Crippen molar-refractivity contribution in [3.63, 3.8) is 0 Å². The van der Waals surface area contributed by atoms with Gasteiger partial charge < -0.3 is 9.64 Å². The zero-order valence-electron chi connectivity index (χ0n) is 8.79. The van der Waals surface area contributed by atoms with Gasteiger partial charge >= 0.3 is 12.4 Å². The summed E-state index contributed by atoms with van der Waals surface area (Å²) in [7, 11) is 3.02. The molecule has 0 aliphatic heterocycles. The lowest BCUT2D eigenvalue weighted by atomic mass is 10.2. The van der Waals surface area contributed by atoms with Crippen LogP contribution in [0.1, 0.15) is 6.92 Å². The van der Waals surface area contributed by atoms with Gasteiger partial charge in [0.25, 0.3) is 0 Å². The predicted molar refractivity (Wildman–Crippen MR) is 49.4 cm³/mol. The summed E-state index contributed by atoms with van der Waals surface area (Å²) in [5.74, 6) is -2.56. The first kappa shape index (κ1) is 13.5. The van der Waals surface area contributed by atoms with E-state index in [-0.39, 0.29) is 6.61 Å². The molecule has 0 aromatic heterocycles. The minimum Gasteiger partial charge on any atom is -0.462 e. The van der Waals surface area contributed by atoms with Crippen LogP contribution in [0, 0.1) is 0 Å². The molecule has 6 heteroatoms. The normalized spacial score (nSPS) is 11.5. The van der Waals surface area contributed by atoms with E-state index in [1.54, 1.807) is 0 Å². The highest BCUT2D eigenvalue weighted by molar-refractivity contribution is 6.18. The van der Waals surface area contributed by atoms with E-state index in [4.69, 9.17) is 0 Å². The number of ether oxygens (including phenoxy) is 1. The van der Waals surface area contributed by atoms with Crippen molar-refractivity contribution in [2.45, 2.75) is 13.3 Å². The third-order valence-electron chi connectivity index (χ3n) is 1.35. The topological polar surface area (TPSA) is 46.6 Å². The Kier molecular flexibility index (Phi) is 5.51. The fourth-order valence-corrected chi connectivity index (χ4v) is 0.802. The molecule has 0 radical (unpaired) electrons. The van der Waals surface area contributed by atoms with E-state index in [2.05, 4.69) is 4.74 Å². The van der Waals surface area contributed by atoms with Gasteiger partial charge in [0.2, 0.25) is 5.78 Å². The van der Waals surface area contributed by atoms with Crippen LogP contribution < -0.4 is 0 Å². The number of hydrogen-bond donors (Lipinski definition) is 0. The van der Waals surface area contributed by atoms with Crippen LogP contribution in [-0.2, 0) is 14.3 Å². The van der Waals surface area contributed by atoms with Gasteiger partial charge in [0.15, 0.2) is 0 Å². The number of nitrogens with zero attached hydrogens (tertiary/aromatic N) is 1. The molecule has 0 saturated heterocycles. The van der Waals surface area contributed by atoms with Gasteiger partial charge in [-0.15, -0.1) is 0 Å². The summed E-state index contributed by atoms with van der Waals surface area (Å²) in [4.78, 5) is 23.4. The molecule has 0 aromatic carbocycles. The second-order valence-electron chi connectivity index (χ2n) is 2.89. The summed E-state index contributed by atoms with van der Waals surface area (Å²) in [6, 6.07) is 0. The van der Waals surface area contributed by atoms with Crippen molar-refractivity contribution >= 4 is 11.8 Å². The maximum absolute atomic E-state index is 12.1. The Morgan fingerprint density at radius 2 is 1.93 bits per heavy atom.